The molecule has 0 radical (unpaired) electrons. The molecule has 0 aliphatic carbocycles. The molecule has 1 N–H and O–H groups in total. The number of benzene rings is 1. The van der Waals surface area contributed by atoms with Crippen LogP contribution in [0.15, 0.2) is 24.4 Å². The smallest absolute Gasteiger partial charge is 0.121 e. The zero-order valence-corrected chi connectivity index (χ0v) is 12.6. The molecule has 0 aliphatic rings. The quantitative estimate of drug-likeness (QED) is 0.877. The van der Waals surface area contributed by atoms with Crippen molar-refractivity contribution in [3.8, 4) is 5.75 Å². The number of methoxy groups -OCH3 is 1. The van der Waals surface area contributed by atoms with Crippen LogP contribution in [-0.4, -0.2) is 28.6 Å². The van der Waals surface area contributed by atoms with E-state index in [0.717, 1.165) is 30.0 Å². The Kier molecular flexibility index (Phi) is 4.74. The van der Waals surface area contributed by atoms with Gasteiger partial charge in [0, 0.05) is 7.05 Å². The summed E-state index contributed by atoms with van der Waals surface area (Å²) in [5.41, 5.74) is 3.38. The molecular formula is C15H22N4O. The summed E-state index contributed by atoms with van der Waals surface area (Å²) in [5, 5.41) is 11.6. The van der Waals surface area contributed by atoms with Gasteiger partial charge in [0.05, 0.1) is 25.0 Å². The lowest BCUT2D eigenvalue weighted by Crippen LogP contribution is -2.25. The van der Waals surface area contributed by atoms with Crippen LogP contribution in [0.2, 0.25) is 0 Å². The first kappa shape index (κ1) is 14.5. The minimum Gasteiger partial charge on any atom is -0.496 e. The third kappa shape index (κ3) is 2.99. The standard InChI is InChI=1S/C15H22N4O/c1-5-8-16-15(13-10-17-18-19(13)3)12-6-7-14(20-4)11(2)9-12/h6-7,9-10,15-16H,5,8H2,1-4H3. The number of ether oxygens (including phenoxy) is 1. The van der Waals surface area contributed by atoms with Crippen LogP contribution in [0.3, 0.4) is 0 Å². The van der Waals surface area contributed by atoms with Crippen LogP contribution in [0.25, 0.3) is 0 Å². The zero-order valence-electron chi connectivity index (χ0n) is 12.6. The lowest BCUT2D eigenvalue weighted by molar-refractivity contribution is 0.411. The van der Waals surface area contributed by atoms with Crippen LogP contribution in [0.4, 0.5) is 0 Å². The van der Waals surface area contributed by atoms with E-state index in [1.165, 1.54) is 5.56 Å². The number of nitrogens with one attached hydrogen (secondary N) is 1. The predicted molar refractivity (Wildman–Crippen MR) is 78.9 cm³/mol. The van der Waals surface area contributed by atoms with Gasteiger partial charge in [-0.25, -0.2) is 0 Å². The Labute approximate surface area is 120 Å². The van der Waals surface area contributed by atoms with E-state index in [2.05, 4.69) is 41.6 Å². The Balaban J connectivity index is 2.36. The maximum Gasteiger partial charge on any atom is 0.121 e. The van der Waals surface area contributed by atoms with Crippen molar-refractivity contribution in [2.75, 3.05) is 13.7 Å². The molecule has 2 rings (SSSR count). The monoisotopic (exact) mass is 274 g/mol. The Bertz CT molecular complexity index is 565. The Morgan fingerprint density at radius 1 is 1.40 bits per heavy atom. The second-order valence-electron chi connectivity index (χ2n) is 4.90. The van der Waals surface area contributed by atoms with Gasteiger partial charge in [0.2, 0.25) is 0 Å². The number of rotatable bonds is 6. The third-order valence-corrected chi connectivity index (χ3v) is 3.40. The molecular weight excluding hydrogens is 252 g/mol. The summed E-state index contributed by atoms with van der Waals surface area (Å²) in [4.78, 5) is 0. The first-order valence-electron chi connectivity index (χ1n) is 6.89. The van der Waals surface area contributed by atoms with E-state index in [1.54, 1.807) is 7.11 Å². The molecule has 5 nitrogen and oxygen atoms in total. The molecule has 1 heterocycles. The molecule has 1 unspecified atom stereocenters. The molecule has 0 saturated heterocycles. The lowest BCUT2D eigenvalue weighted by atomic mass is 10.0. The highest BCUT2D eigenvalue weighted by Crippen LogP contribution is 2.26. The molecule has 0 spiro atoms. The maximum atomic E-state index is 5.32. The van der Waals surface area contributed by atoms with Gasteiger partial charge in [-0.05, 0) is 37.1 Å². The molecule has 2 aromatic rings. The molecule has 0 amide bonds. The highest BCUT2D eigenvalue weighted by molar-refractivity contribution is 5.39. The van der Waals surface area contributed by atoms with Crippen molar-refractivity contribution in [1.29, 1.82) is 0 Å². The molecule has 1 atom stereocenters. The van der Waals surface area contributed by atoms with Crippen molar-refractivity contribution in [2.24, 2.45) is 7.05 Å². The van der Waals surface area contributed by atoms with Gasteiger partial charge in [-0.2, -0.15) is 0 Å². The predicted octanol–water partition coefficient (Wildman–Crippen LogP) is 2.22. The molecule has 20 heavy (non-hydrogen) atoms. The number of hydrogen-bond donors (Lipinski definition) is 1. The maximum absolute atomic E-state index is 5.32. The summed E-state index contributed by atoms with van der Waals surface area (Å²) in [7, 11) is 3.61. The van der Waals surface area contributed by atoms with E-state index in [1.807, 2.05) is 24.0 Å². The minimum absolute atomic E-state index is 0.0968. The van der Waals surface area contributed by atoms with E-state index in [0.29, 0.717) is 0 Å². The summed E-state index contributed by atoms with van der Waals surface area (Å²) in [6.07, 6.45) is 2.89. The van der Waals surface area contributed by atoms with E-state index >= 15 is 0 Å². The van der Waals surface area contributed by atoms with Gasteiger partial charge in [0.15, 0.2) is 0 Å². The van der Waals surface area contributed by atoms with Crippen LogP contribution >= 0.6 is 0 Å². The molecule has 0 saturated carbocycles. The topological polar surface area (TPSA) is 52.0 Å². The van der Waals surface area contributed by atoms with E-state index in [-0.39, 0.29) is 6.04 Å². The van der Waals surface area contributed by atoms with Gasteiger partial charge in [-0.3, -0.25) is 4.68 Å². The zero-order chi connectivity index (χ0) is 14.5. The highest BCUT2D eigenvalue weighted by atomic mass is 16.5. The number of aromatic nitrogens is 3. The van der Waals surface area contributed by atoms with Crippen molar-refractivity contribution < 1.29 is 4.74 Å². The van der Waals surface area contributed by atoms with Crippen molar-refractivity contribution >= 4 is 0 Å². The summed E-state index contributed by atoms with van der Waals surface area (Å²) < 4.78 is 7.14. The second-order valence-corrected chi connectivity index (χ2v) is 4.90. The van der Waals surface area contributed by atoms with Crippen LogP contribution < -0.4 is 10.1 Å². The fourth-order valence-electron chi connectivity index (χ4n) is 2.32. The summed E-state index contributed by atoms with van der Waals surface area (Å²) in [6.45, 7) is 5.16. The average Bonchev–Trinajstić information content (AvgIpc) is 2.86. The molecule has 0 bridgehead atoms. The Hall–Kier alpha value is -1.88. The van der Waals surface area contributed by atoms with Crippen molar-refractivity contribution in [1.82, 2.24) is 20.3 Å². The number of hydrogen-bond acceptors (Lipinski definition) is 4. The third-order valence-electron chi connectivity index (χ3n) is 3.40. The summed E-state index contributed by atoms with van der Waals surface area (Å²) in [6, 6.07) is 6.35. The summed E-state index contributed by atoms with van der Waals surface area (Å²) >= 11 is 0. The fraction of sp³-hybridized carbons (Fsp3) is 0.467. The van der Waals surface area contributed by atoms with Crippen LogP contribution in [0.1, 0.15) is 36.2 Å². The van der Waals surface area contributed by atoms with Gasteiger partial charge < -0.3 is 10.1 Å². The SMILES string of the molecule is CCCNC(c1ccc(OC)c(C)c1)c1cnnn1C. The number of nitrogens with zero attached hydrogens (tertiary/aromatic N) is 3. The Morgan fingerprint density at radius 3 is 2.75 bits per heavy atom. The van der Waals surface area contributed by atoms with Crippen molar-refractivity contribution in [3.05, 3.63) is 41.2 Å². The first-order valence-corrected chi connectivity index (χ1v) is 6.89. The van der Waals surface area contributed by atoms with Crippen LogP contribution in [-0.2, 0) is 7.05 Å². The van der Waals surface area contributed by atoms with E-state index in [4.69, 9.17) is 4.74 Å². The van der Waals surface area contributed by atoms with Gasteiger partial charge >= 0.3 is 0 Å². The second kappa shape index (κ2) is 6.52. The molecule has 0 aliphatic heterocycles. The van der Waals surface area contributed by atoms with Crippen LogP contribution in [0, 0.1) is 6.92 Å². The molecule has 0 fully saturated rings. The largest absolute Gasteiger partial charge is 0.496 e. The van der Waals surface area contributed by atoms with Gasteiger partial charge in [0.25, 0.3) is 0 Å². The van der Waals surface area contributed by atoms with Crippen LogP contribution in [0.5, 0.6) is 5.75 Å². The highest BCUT2D eigenvalue weighted by Gasteiger charge is 2.18. The molecule has 1 aromatic carbocycles. The van der Waals surface area contributed by atoms with E-state index in [9.17, 15) is 0 Å². The summed E-state index contributed by atoms with van der Waals surface area (Å²) in [5.74, 6) is 0.908. The fourth-order valence-corrected chi connectivity index (χ4v) is 2.32. The van der Waals surface area contributed by atoms with Gasteiger partial charge in [0.1, 0.15) is 5.75 Å². The molecule has 1 aromatic heterocycles. The van der Waals surface area contributed by atoms with E-state index < -0.39 is 0 Å². The minimum atomic E-state index is 0.0968. The van der Waals surface area contributed by atoms with Gasteiger partial charge in [-0.1, -0.05) is 24.3 Å². The lowest BCUT2D eigenvalue weighted by Gasteiger charge is -2.20. The molecule has 5 heteroatoms. The Morgan fingerprint density at radius 2 is 2.20 bits per heavy atom. The first-order chi connectivity index (χ1) is 9.67. The normalized spacial score (nSPS) is 12.4. The number of aryl methyl sites for hydroxylation is 2. The van der Waals surface area contributed by atoms with Crippen molar-refractivity contribution in [3.63, 3.8) is 0 Å². The van der Waals surface area contributed by atoms with Gasteiger partial charge in [-0.15, -0.1) is 5.10 Å². The molecule has 108 valence electrons. The van der Waals surface area contributed by atoms with Crippen molar-refractivity contribution in [2.45, 2.75) is 26.3 Å². The average molecular weight is 274 g/mol.